The summed E-state index contributed by atoms with van der Waals surface area (Å²) >= 11 is 1.68. The van der Waals surface area contributed by atoms with Crippen molar-refractivity contribution in [2.45, 2.75) is 6.92 Å². The van der Waals surface area contributed by atoms with Gasteiger partial charge in [-0.2, -0.15) is 4.68 Å². The minimum atomic E-state index is 0.0448. The van der Waals surface area contributed by atoms with E-state index in [1.165, 1.54) is 4.88 Å². The Balaban J connectivity index is 1.39. The van der Waals surface area contributed by atoms with E-state index in [1.54, 1.807) is 22.1 Å². The summed E-state index contributed by atoms with van der Waals surface area (Å²) in [6.07, 6.45) is 3.55. The summed E-state index contributed by atoms with van der Waals surface area (Å²) in [5, 5.41) is 12.1. The zero-order valence-electron chi connectivity index (χ0n) is 15.0. The summed E-state index contributed by atoms with van der Waals surface area (Å²) in [7, 11) is 0. The highest BCUT2D eigenvalue weighted by atomic mass is 32.1. The number of tetrazole rings is 1. The number of hydrogen-bond donors (Lipinski definition) is 0. The lowest BCUT2D eigenvalue weighted by Gasteiger charge is -2.34. The highest BCUT2D eigenvalue weighted by molar-refractivity contribution is 7.12. The first-order valence-electron chi connectivity index (χ1n) is 8.83. The van der Waals surface area contributed by atoms with E-state index in [2.05, 4.69) is 33.4 Å². The molecule has 2 aromatic heterocycles. The maximum absolute atomic E-state index is 12.4. The number of anilines is 1. The Morgan fingerprint density at radius 1 is 1.07 bits per heavy atom. The Bertz CT molecular complexity index is 940. The average Bonchev–Trinajstić information content (AvgIpc) is 3.36. The molecule has 1 fully saturated rings. The maximum atomic E-state index is 12.4. The van der Waals surface area contributed by atoms with Crippen molar-refractivity contribution >= 4 is 29.3 Å². The molecule has 0 N–H and O–H groups in total. The van der Waals surface area contributed by atoms with Crippen LogP contribution >= 0.6 is 11.3 Å². The van der Waals surface area contributed by atoms with Gasteiger partial charge in [-0.3, -0.25) is 4.79 Å². The van der Waals surface area contributed by atoms with Gasteiger partial charge in [0.05, 0.1) is 5.69 Å². The Labute approximate surface area is 161 Å². The van der Waals surface area contributed by atoms with Crippen LogP contribution in [0, 0.1) is 6.92 Å². The van der Waals surface area contributed by atoms with Gasteiger partial charge in [-0.1, -0.05) is 23.3 Å². The Morgan fingerprint density at radius 3 is 2.56 bits per heavy atom. The number of benzene rings is 1. The molecule has 138 valence electrons. The van der Waals surface area contributed by atoms with Gasteiger partial charge in [0.25, 0.3) is 0 Å². The normalized spacial score (nSPS) is 14.9. The first-order chi connectivity index (χ1) is 13.2. The molecule has 4 rings (SSSR count). The fourth-order valence-electron chi connectivity index (χ4n) is 3.04. The first-order valence-corrected chi connectivity index (χ1v) is 9.64. The number of thiophene rings is 1. The standard InChI is InChI=1S/C19H20N6OS/c1-15-7-8-17(27-15)9-10-18(26)23-11-13-24(14-12-23)19-20-21-22-25(19)16-5-3-2-4-6-16/h2-10H,11-14H2,1H3. The molecule has 27 heavy (non-hydrogen) atoms. The molecule has 0 bridgehead atoms. The van der Waals surface area contributed by atoms with Crippen LogP contribution in [0.3, 0.4) is 0 Å². The Morgan fingerprint density at radius 2 is 1.85 bits per heavy atom. The monoisotopic (exact) mass is 380 g/mol. The molecule has 7 nitrogen and oxygen atoms in total. The Kier molecular flexibility index (Phi) is 4.97. The van der Waals surface area contributed by atoms with Crippen molar-refractivity contribution in [3.63, 3.8) is 0 Å². The highest BCUT2D eigenvalue weighted by Crippen LogP contribution is 2.18. The van der Waals surface area contributed by atoms with Gasteiger partial charge in [-0.25, -0.2) is 0 Å². The van der Waals surface area contributed by atoms with E-state index in [4.69, 9.17) is 0 Å². The fraction of sp³-hybridized carbons (Fsp3) is 0.263. The first kappa shape index (κ1) is 17.4. The molecule has 3 heterocycles. The third-order valence-corrected chi connectivity index (χ3v) is 5.45. The van der Waals surface area contributed by atoms with Crippen LogP contribution in [0.5, 0.6) is 0 Å². The third kappa shape index (κ3) is 3.90. The molecule has 0 atom stereocenters. The van der Waals surface area contributed by atoms with Gasteiger partial charge in [0.1, 0.15) is 0 Å². The molecule has 1 amide bonds. The van der Waals surface area contributed by atoms with E-state index < -0.39 is 0 Å². The molecule has 1 aliphatic rings. The van der Waals surface area contributed by atoms with Crippen molar-refractivity contribution in [3.05, 3.63) is 58.3 Å². The second kappa shape index (κ2) is 7.71. The minimum Gasteiger partial charge on any atom is -0.336 e. The van der Waals surface area contributed by atoms with Crippen LogP contribution in [0.15, 0.2) is 48.5 Å². The van der Waals surface area contributed by atoms with Crippen LogP contribution in [0.1, 0.15) is 9.75 Å². The average molecular weight is 380 g/mol. The van der Waals surface area contributed by atoms with E-state index in [1.807, 2.05) is 47.4 Å². The number of rotatable bonds is 4. The highest BCUT2D eigenvalue weighted by Gasteiger charge is 2.23. The van der Waals surface area contributed by atoms with Crippen molar-refractivity contribution in [2.75, 3.05) is 31.1 Å². The smallest absolute Gasteiger partial charge is 0.250 e. The molecule has 0 spiro atoms. The zero-order valence-corrected chi connectivity index (χ0v) is 15.8. The molecular weight excluding hydrogens is 360 g/mol. The van der Waals surface area contributed by atoms with E-state index in [0.717, 1.165) is 10.6 Å². The second-order valence-corrected chi connectivity index (χ2v) is 7.64. The van der Waals surface area contributed by atoms with Crippen LogP contribution in [-0.2, 0) is 4.79 Å². The fourth-order valence-corrected chi connectivity index (χ4v) is 3.82. The SMILES string of the molecule is Cc1ccc(C=CC(=O)N2CCN(c3nnnn3-c3ccccc3)CC2)s1. The van der Waals surface area contributed by atoms with Crippen LogP contribution in [0.4, 0.5) is 5.95 Å². The molecule has 1 aliphatic heterocycles. The largest absolute Gasteiger partial charge is 0.336 e. The van der Waals surface area contributed by atoms with Gasteiger partial charge in [0, 0.05) is 42.0 Å². The molecule has 0 saturated carbocycles. The van der Waals surface area contributed by atoms with Gasteiger partial charge in [0.2, 0.25) is 11.9 Å². The number of aromatic nitrogens is 4. The van der Waals surface area contributed by atoms with Crippen LogP contribution in [0.25, 0.3) is 11.8 Å². The van der Waals surface area contributed by atoms with E-state index in [9.17, 15) is 4.79 Å². The number of nitrogens with zero attached hydrogens (tertiary/aromatic N) is 6. The van der Waals surface area contributed by atoms with Crippen LogP contribution < -0.4 is 4.90 Å². The zero-order chi connectivity index (χ0) is 18.6. The van der Waals surface area contributed by atoms with E-state index in [0.29, 0.717) is 32.1 Å². The number of carbonyl (C=O) groups excluding carboxylic acids is 1. The van der Waals surface area contributed by atoms with E-state index in [-0.39, 0.29) is 5.91 Å². The number of para-hydroxylation sites is 1. The van der Waals surface area contributed by atoms with Gasteiger partial charge < -0.3 is 9.80 Å². The molecule has 8 heteroatoms. The lowest BCUT2D eigenvalue weighted by Crippen LogP contribution is -2.49. The molecule has 0 unspecified atom stereocenters. The van der Waals surface area contributed by atoms with Gasteiger partial charge in [0.15, 0.2) is 0 Å². The molecule has 1 saturated heterocycles. The van der Waals surface area contributed by atoms with Gasteiger partial charge >= 0.3 is 0 Å². The Hall–Kier alpha value is -3.00. The topological polar surface area (TPSA) is 67.2 Å². The van der Waals surface area contributed by atoms with Crippen molar-refractivity contribution in [3.8, 4) is 5.69 Å². The second-order valence-electron chi connectivity index (χ2n) is 6.32. The number of aryl methyl sites for hydroxylation is 1. The summed E-state index contributed by atoms with van der Waals surface area (Å²) in [6, 6.07) is 13.9. The molecule has 1 aromatic carbocycles. The summed E-state index contributed by atoms with van der Waals surface area (Å²) in [6.45, 7) is 4.75. The van der Waals surface area contributed by atoms with Crippen molar-refractivity contribution in [1.82, 2.24) is 25.1 Å². The number of carbonyl (C=O) groups is 1. The summed E-state index contributed by atoms with van der Waals surface area (Å²) in [5.41, 5.74) is 0.921. The summed E-state index contributed by atoms with van der Waals surface area (Å²) in [5.74, 6) is 0.751. The van der Waals surface area contributed by atoms with E-state index >= 15 is 0 Å². The lowest BCUT2D eigenvalue weighted by atomic mass is 10.3. The molecule has 0 aliphatic carbocycles. The van der Waals surface area contributed by atoms with Crippen molar-refractivity contribution in [1.29, 1.82) is 0 Å². The van der Waals surface area contributed by atoms with Crippen LogP contribution in [0.2, 0.25) is 0 Å². The predicted molar refractivity (Wildman–Crippen MR) is 106 cm³/mol. The predicted octanol–water partition coefficient (Wildman–Crippen LogP) is 2.39. The third-order valence-electron chi connectivity index (χ3n) is 4.48. The van der Waals surface area contributed by atoms with Crippen molar-refractivity contribution in [2.24, 2.45) is 0 Å². The summed E-state index contributed by atoms with van der Waals surface area (Å²) in [4.78, 5) is 18.8. The van der Waals surface area contributed by atoms with Crippen molar-refractivity contribution < 1.29 is 4.79 Å². The van der Waals surface area contributed by atoms with Gasteiger partial charge in [-0.05, 0) is 47.7 Å². The van der Waals surface area contributed by atoms with Crippen LogP contribution in [-0.4, -0.2) is 57.2 Å². The molecular formula is C19H20N6OS. The summed E-state index contributed by atoms with van der Waals surface area (Å²) < 4.78 is 1.73. The van der Waals surface area contributed by atoms with Gasteiger partial charge in [-0.15, -0.1) is 11.3 Å². The minimum absolute atomic E-state index is 0.0448. The molecule has 0 radical (unpaired) electrons. The number of amides is 1. The molecule has 3 aromatic rings. The number of hydrogen-bond acceptors (Lipinski definition) is 6. The maximum Gasteiger partial charge on any atom is 0.250 e. The number of piperazine rings is 1. The lowest BCUT2D eigenvalue weighted by molar-refractivity contribution is -0.126. The quantitative estimate of drug-likeness (QED) is 0.650.